The molecule has 0 nitrogen and oxygen atoms in total. The Bertz CT molecular complexity index is 240. The van der Waals surface area contributed by atoms with Gasteiger partial charge in [-0.15, -0.1) is 0 Å². The zero-order valence-electron chi connectivity index (χ0n) is 9.21. The van der Waals surface area contributed by atoms with Gasteiger partial charge in [-0.05, 0) is 44.8 Å². The second kappa shape index (κ2) is 7.80. The SMILES string of the molecule is CC1=C(C)C(C)C(C)=C1C.[I][Zr]([I])[I]. The molecule has 0 radical (unpaired) electrons. The van der Waals surface area contributed by atoms with Crippen LogP contribution in [0.25, 0.3) is 0 Å². The third-order valence-corrected chi connectivity index (χ3v) is 3.04. The van der Waals surface area contributed by atoms with Gasteiger partial charge in [0.15, 0.2) is 0 Å². The van der Waals surface area contributed by atoms with Crippen molar-refractivity contribution >= 4 is 54.1 Å². The average molecular weight is 608 g/mol. The van der Waals surface area contributed by atoms with E-state index in [0.29, 0.717) is 5.92 Å². The molecule has 1 aliphatic carbocycles. The van der Waals surface area contributed by atoms with Gasteiger partial charge in [0.2, 0.25) is 0 Å². The first-order chi connectivity index (χ1) is 6.29. The topological polar surface area (TPSA) is 0 Å². The van der Waals surface area contributed by atoms with Crippen molar-refractivity contribution in [2.75, 3.05) is 0 Å². The van der Waals surface area contributed by atoms with Crippen LogP contribution in [0.15, 0.2) is 22.3 Å². The fraction of sp³-hybridized carbons (Fsp3) is 0.600. The number of rotatable bonds is 0. The van der Waals surface area contributed by atoms with Crippen molar-refractivity contribution in [3.8, 4) is 0 Å². The second-order valence-corrected chi connectivity index (χ2v) is 60.4. The molecule has 0 unspecified atom stereocenters. The van der Waals surface area contributed by atoms with E-state index in [4.69, 9.17) is 0 Å². The molecule has 0 fully saturated rings. The number of allylic oxidation sites excluding steroid dienone is 4. The molecule has 1 aliphatic rings. The fourth-order valence-electron chi connectivity index (χ4n) is 1.57. The Morgan fingerprint density at radius 2 is 1.07 bits per heavy atom. The fourth-order valence-corrected chi connectivity index (χ4v) is 1.57. The van der Waals surface area contributed by atoms with Crippen molar-refractivity contribution in [1.82, 2.24) is 0 Å². The summed E-state index contributed by atoms with van der Waals surface area (Å²) in [6.45, 7) is 11.2. The van der Waals surface area contributed by atoms with Gasteiger partial charge < -0.3 is 0 Å². The van der Waals surface area contributed by atoms with Crippen molar-refractivity contribution in [3.63, 3.8) is 0 Å². The van der Waals surface area contributed by atoms with Crippen LogP contribution < -0.4 is 0 Å². The monoisotopic (exact) mass is 607 g/mol. The van der Waals surface area contributed by atoms with E-state index in [2.05, 4.69) is 88.8 Å². The van der Waals surface area contributed by atoms with E-state index >= 15 is 0 Å². The van der Waals surface area contributed by atoms with Crippen LogP contribution >= 0.6 is 54.1 Å². The van der Waals surface area contributed by atoms with Crippen LogP contribution in [0.3, 0.4) is 0 Å². The summed E-state index contributed by atoms with van der Waals surface area (Å²) < 4.78 is 0. The Kier molecular flexibility index (Phi) is 9.22. The molecule has 0 heterocycles. The van der Waals surface area contributed by atoms with Crippen LogP contribution in [0.1, 0.15) is 34.6 Å². The van der Waals surface area contributed by atoms with E-state index < -0.39 is 9.18 Å². The summed E-state index contributed by atoms with van der Waals surface area (Å²) in [5, 5.41) is 0. The normalized spacial score (nSPS) is 17.1. The second-order valence-electron chi connectivity index (χ2n) is 3.55. The first kappa shape index (κ1) is 16.6. The average Bonchev–Trinajstić information content (AvgIpc) is 2.23. The van der Waals surface area contributed by atoms with Crippen LogP contribution in [0.4, 0.5) is 0 Å². The molecule has 0 aromatic rings. The summed E-state index contributed by atoms with van der Waals surface area (Å²) in [4.78, 5) is 0. The van der Waals surface area contributed by atoms with Gasteiger partial charge in [0.1, 0.15) is 0 Å². The van der Waals surface area contributed by atoms with Gasteiger partial charge in [-0.25, -0.2) is 0 Å². The van der Waals surface area contributed by atoms with Crippen molar-refractivity contribution in [2.24, 2.45) is 5.92 Å². The van der Waals surface area contributed by atoms with Gasteiger partial charge in [0, 0.05) is 0 Å². The predicted octanol–water partition coefficient (Wildman–Crippen LogP) is 5.96. The third kappa shape index (κ3) is 5.26. The van der Waals surface area contributed by atoms with Crippen LogP contribution in [0.5, 0.6) is 0 Å². The van der Waals surface area contributed by atoms with Gasteiger partial charge >= 0.3 is 63.3 Å². The third-order valence-electron chi connectivity index (χ3n) is 3.04. The Morgan fingerprint density at radius 3 is 1.14 bits per heavy atom. The molecule has 1 rings (SSSR count). The molecule has 81 valence electrons. The number of halogens is 3. The van der Waals surface area contributed by atoms with Crippen molar-refractivity contribution < 1.29 is 9.18 Å². The molecule has 0 saturated carbocycles. The van der Waals surface area contributed by atoms with E-state index in [9.17, 15) is 0 Å². The summed E-state index contributed by atoms with van der Waals surface area (Å²) in [6.07, 6.45) is 0. The van der Waals surface area contributed by atoms with E-state index in [0.717, 1.165) is 0 Å². The number of hydrogen-bond acceptors (Lipinski definition) is 0. The summed E-state index contributed by atoms with van der Waals surface area (Å²) in [6, 6.07) is 0. The summed E-state index contributed by atoms with van der Waals surface area (Å²) >= 11 is 7.54. The Hall–Kier alpha value is 2.55. The van der Waals surface area contributed by atoms with E-state index in [-0.39, 0.29) is 0 Å². The zero-order chi connectivity index (χ0) is 11.5. The van der Waals surface area contributed by atoms with E-state index in [1.807, 2.05) is 0 Å². The molecule has 14 heavy (non-hydrogen) atoms. The van der Waals surface area contributed by atoms with Crippen LogP contribution in [-0.2, 0) is 9.18 Å². The van der Waals surface area contributed by atoms with E-state index in [1.54, 1.807) is 11.1 Å². The van der Waals surface area contributed by atoms with E-state index in [1.165, 1.54) is 11.1 Å². The zero-order valence-corrected chi connectivity index (χ0v) is 18.1. The molecule has 0 atom stereocenters. The standard InChI is InChI=1S/C10H16.3HI.Zr/c1-6-7(2)9(4)10(5)8(6)3;;;;/h6H,1-5H3;3*1H;/q;;;;+3/p-3. The van der Waals surface area contributed by atoms with Crippen molar-refractivity contribution in [3.05, 3.63) is 22.3 Å². The minimum absolute atomic E-state index is 0.633. The molecule has 0 aliphatic heterocycles. The minimum atomic E-state index is -0.633. The van der Waals surface area contributed by atoms with Crippen LogP contribution in [0, 0.1) is 5.92 Å². The molecule has 0 aromatic carbocycles. The van der Waals surface area contributed by atoms with Gasteiger partial charge in [-0.3, -0.25) is 0 Å². The first-order valence-electron chi connectivity index (χ1n) is 4.47. The predicted molar refractivity (Wildman–Crippen MR) is 88.0 cm³/mol. The van der Waals surface area contributed by atoms with Gasteiger partial charge in [-0.2, -0.15) is 0 Å². The van der Waals surface area contributed by atoms with Crippen LogP contribution in [0.2, 0.25) is 0 Å². The summed E-state index contributed by atoms with van der Waals surface area (Å²) in [5.74, 6) is 0.694. The van der Waals surface area contributed by atoms with Crippen molar-refractivity contribution in [1.29, 1.82) is 0 Å². The molecule has 0 amide bonds. The maximum absolute atomic E-state index is 2.51. The molecule has 0 aromatic heterocycles. The van der Waals surface area contributed by atoms with Gasteiger partial charge in [0.05, 0.1) is 0 Å². The molecule has 0 spiro atoms. The van der Waals surface area contributed by atoms with Gasteiger partial charge in [0.25, 0.3) is 0 Å². The summed E-state index contributed by atoms with van der Waals surface area (Å²) in [7, 11) is -0.633. The Labute approximate surface area is 123 Å². The number of hydrogen-bond donors (Lipinski definition) is 0. The molecular formula is C10H16I3Zr. The molecule has 0 saturated heterocycles. The summed E-state index contributed by atoms with van der Waals surface area (Å²) in [5.41, 5.74) is 6.11. The Morgan fingerprint density at radius 1 is 0.857 bits per heavy atom. The van der Waals surface area contributed by atoms with Gasteiger partial charge in [-0.1, -0.05) is 18.1 Å². The van der Waals surface area contributed by atoms with Crippen molar-refractivity contribution in [2.45, 2.75) is 34.6 Å². The van der Waals surface area contributed by atoms with Crippen LogP contribution in [-0.4, -0.2) is 0 Å². The first-order valence-corrected chi connectivity index (χ1v) is 26.4. The Balaban J connectivity index is 0.000000364. The molecule has 4 heteroatoms. The molecule has 0 N–H and O–H groups in total. The quantitative estimate of drug-likeness (QED) is 0.298. The maximum atomic E-state index is 2.51. The molecular weight excluding hydrogens is 592 g/mol. The molecule has 0 bridgehead atoms.